The standard InChI is InChI=1S/7C10H9N.C9H7N.C2H6/c1-8-4-2-6-10-9(8)5-3-7-11-10;1-8-4-2-5-9-6-3-7-11-10(8)9;1-8-4-5-10-9(7-8)3-2-6-11-10;1-8-4-5-9-3-2-6-11-10(9)7-8;1-8-6-9-4-2-3-5-10(9)11-7-8;1-8-6-7-11-10-5-3-2-4-9(8)10;1-8-6-7-9-4-2-3-5-10(9)11-8;1-2-6-9-8(4-1)5-3-7-10-9;1-2/h7*2-7H,1H3;1-7H;1-2H3. The van der Waals surface area contributed by atoms with Crippen molar-refractivity contribution in [3.8, 4) is 0 Å². The highest BCUT2D eigenvalue weighted by Gasteiger charge is 1.98. The van der Waals surface area contributed by atoms with E-state index >= 15 is 0 Å². The summed E-state index contributed by atoms with van der Waals surface area (Å²) in [5.41, 5.74) is 17.2. The first-order chi connectivity index (χ1) is 43.5. The molecule has 0 saturated heterocycles. The van der Waals surface area contributed by atoms with Gasteiger partial charge < -0.3 is 0 Å². The number of aryl methyl sites for hydroxylation is 7. The molecule has 8 heterocycles. The molecule has 8 aromatic heterocycles. The van der Waals surface area contributed by atoms with Gasteiger partial charge in [0.25, 0.3) is 0 Å². The van der Waals surface area contributed by atoms with E-state index in [0.717, 1.165) is 49.8 Å². The number of hydrogen-bond donors (Lipinski definition) is 0. The summed E-state index contributed by atoms with van der Waals surface area (Å²) < 4.78 is 0. The molecule has 0 aliphatic rings. The van der Waals surface area contributed by atoms with Gasteiger partial charge in [0.05, 0.1) is 44.1 Å². The fourth-order valence-corrected chi connectivity index (χ4v) is 9.49. The third kappa shape index (κ3) is 19.3. The van der Waals surface area contributed by atoms with Crippen molar-refractivity contribution in [3.63, 3.8) is 0 Å². The number of rotatable bonds is 0. The first-order valence-corrected chi connectivity index (χ1v) is 30.0. The zero-order valence-corrected chi connectivity index (χ0v) is 52.4. The van der Waals surface area contributed by atoms with Gasteiger partial charge in [-0.3, -0.25) is 39.9 Å². The summed E-state index contributed by atoms with van der Waals surface area (Å²) in [6.45, 7) is 18.5. The molecule has 8 heteroatoms. The predicted molar refractivity (Wildman–Crippen MR) is 378 cm³/mol. The summed E-state index contributed by atoms with van der Waals surface area (Å²) in [5, 5.41) is 9.75. The van der Waals surface area contributed by atoms with Crippen LogP contribution in [0.5, 0.6) is 0 Å². The Morgan fingerprint density at radius 2 is 0.618 bits per heavy atom. The minimum absolute atomic E-state index is 1.06. The molecule has 440 valence electrons. The Morgan fingerprint density at radius 1 is 0.225 bits per heavy atom. The SMILES string of the molecule is CC.Cc1ccc2ccccc2n1.Cc1ccc2cccnc2c1.Cc1ccc2ncccc2c1.Cc1cccc2cccnc12.Cc1cccc2ncccc12.Cc1ccnc2ccccc12.Cc1cnc2ccccc2c1.c1ccc2ncccc2c1. The average molecular weight is 1160 g/mol. The normalized spacial score (nSPS) is 10.1. The second-order valence-electron chi connectivity index (χ2n) is 20.9. The number of fused-ring (bicyclic) bond motifs is 8. The fraction of sp³-hybridized carbons (Fsp3) is 0.111. The molecule has 16 aromatic rings. The molecule has 0 spiro atoms. The molecule has 16 rings (SSSR count). The highest BCUT2D eigenvalue weighted by Crippen LogP contribution is 2.19. The third-order valence-corrected chi connectivity index (χ3v) is 14.1. The van der Waals surface area contributed by atoms with Crippen molar-refractivity contribution < 1.29 is 0 Å². The number of aromatic nitrogens is 8. The van der Waals surface area contributed by atoms with E-state index in [1.54, 1.807) is 0 Å². The van der Waals surface area contributed by atoms with Crippen LogP contribution in [0.4, 0.5) is 0 Å². The van der Waals surface area contributed by atoms with Crippen LogP contribution in [0, 0.1) is 48.5 Å². The number of nitrogens with zero attached hydrogens (tertiary/aromatic N) is 8. The molecule has 0 amide bonds. The molecule has 0 N–H and O–H groups in total. The van der Waals surface area contributed by atoms with Gasteiger partial charge in [0.1, 0.15) is 0 Å². The van der Waals surface area contributed by atoms with Crippen LogP contribution in [0.2, 0.25) is 0 Å². The van der Waals surface area contributed by atoms with Crippen molar-refractivity contribution in [2.24, 2.45) is 0 Å². The maximum absolute atomic E-state index is 4.38. The van der Waals surface area contributed by atoms with Crippen molar-refractivity contribution in [1.29, 1.82) is 0 Å². The van der Waals surface area contributed by atoms with Crippen LogP contribution >= 0.6 is 0 Å². The van der Waals surface area contributed by atoms with Crippen LogP contribution in [0.3, 0.4) is 0 Å². The van der Waals surface area contributed by atoms with E-state index in [2.05, 4.69) is 203 Å². The van der Waals surface area contributed by atoms with Crippen molar-refractivity contribution in [2.75, 3.05) is 0 Å². The lowest BCUT2D eigenvalue weighted by molar-refractivity contribution is 1.26. The lowest BCUT2D eigenvalue weighted by Crippen LogP contribution is -1.80. The van der Waals surface area contributed by atoms with Gasteiger partial charge in [0.2, 0.25) is 0 Å². The van der Waals surface area contributed by atoms with E-state index < -0.39 is 0 Å². The van der Waals surface area contributed by atoms with Crippen molar-refractivity contribution in [3.05, 3.63) is 337 Å². The van der Waals surface area contributed by atoms with Crippen LogP contribution in [-0.4, -0.2) is 39.9 Å². The Hall–Kier alpha value is -11.0. The second kappa shape index (κ2) is 33.7. The van der Waals surface area contributed by atoms with Crippen molar-refractivity contribution in [2.45, 2.75) is 62.3 Å². The largest absolute Gasteiger partial charge is 0.256 e. The third-order valence-electron chi connectivity index (χ3n) is 14.1. The summed E-state index contributed by atoms with van der Waals surface area (Å²) in [6, 6.07) is 85.9. The van der Waals surface area contributed by atoms with E-state index in [1.807, 2.05) is 198 Å². The molecule has 0 unspecified atom stereocenters. The van der Waals surface area contributed by atoms with Gasteiger partial charge in [-0.25, -0.2) is 0 Å². The summed E-state index contributed by atoms with van der Waals surface area (Å²) in [4.78, 5) is 34.1. The molecule has 0 radical (unpaired) electrons. The van der Waals surface area contributed by atoms with Gasteiger partial charge in [-0.2, -0.15) is 0 Å². The Kier molecular flexibility index (Phi) is 24.2. The topological polar surface area (TPSA) is 103 Å². The van der Waals surface area contributed by atoms with Gasteiger partial charge in [0.15, 0.2) is 0 Å². The Bertz CT molecular complexity index is 4240. The summed E-state index contributed by atoms with van der Waals surface area (Å²) in [5.74, 6) is 0. The smallest absolute Gasteiger partial charge is 0.0731 e. The molecule has 0 bridgehead atoms. The van der Waals surface area contributed by atoms with E-state index in [9.17, 15) is 0 Å². The molecular formula is C81H76N8. The molecule has 0 atom stereocenters. The summed E-state index contributed by atoms with van der Waals surface area (Å²) >= 11 is 0. The van der Waals surface area contributed by atoms with Gasteiger partial charge in [-0.15, -0.1) is 0 Å². The van der Waals surface area contributed by atoms with E-state index in [0.29, 0.717) is 0 Å². The minimum Gasteiger partial charge on any atom is -0.256 e. The second-order valence-corrected chi connectivity index (χ2v) is 20.9. The van der Waals surface area contributed by atoms with Crippen LogP contribution in [0.25, 0.3) is 87.2 Å². The monoisotopic (exact) mass is 1160 g/mol. The van der Waals surface area contributed by atoms with Crippen LogP contribution in [0.15, 0.2) is 298 Å². The summed E-state index contributed by atoms with van der Waals surface area (Å²) in [7, 11) is 0. The van der Waals surface area contributed by atoms with Gasteiger partial charge in [0, 0.05) is 92.2 Å². The zero-order chi connectivity index (χ0) is 62.6. The molecule has 0 fully saturated rings. The molecule has 8 nitrogen and oxygen atoms in total. The molecular weight excluding hydrogens is 1080 g/mol. The quantitative estimate of drug-likeness (QED) is 0.148. The van der Waals surface area contributed by atoms with E-state index in [1.165, 1.54) is 76.5 Å². The Balaban J connectivity index is 0.000000131. The van der Waals surface area contributed by atoms with Crippen LogP contribution in [-0.2, 0) is 0 Å². The van der Waals surface area contributed by atoms with Gasteiger partial charge >= 0.3 is 0 Å². The van der Waals surface area contributed by atoms with Gasteiger partial charge in [-0.1, -0.05) is 177 Å². The number of hydrogen-bond acceptors (Lipinski definition) is 8. The van der Waals surface area contributed by atoms with Crippen molar-refractivity contribution in [1.82, 2.24) is 39.9 Å². The van der Waals surface area contributed by atoms with E-state index in [-0.39, 0.29) is 0 Å². The number of para-hydroxylation sites is 5. The maximum Gasteiger partial charge on any atom is 0.0731 e. The average Bonchev–Trinajstić information content (AvgIpc) is 3.76. The lowest BCUT2D eigenvalue weighted by Gasteiger charge is -1.97. The molecule has 0 aliphatic heterocycles. The molecule has 0 aliphatic carbocycles. The highest BCUT2D eigenvalue weighted by atomic mass is 14.7. The first-order valence-electron chi connectivity index (χ1n) is 30.0. The summed E-state index contributed by atoms with van der Waals surface area (Å²) in [6.07, 6.45) is 12.8. The number of benzene rings is 8. The first kappa shape index (κ1) is 64.0. The van der Waals surface area contributed by atoms with E-state index in [4.69, 9.17) is 0 Å². The zero-order valence-electron chi connectivity index (χ0n) is 52.4. The molecule has 0 saturated carbocycles. The number of pyridine rings is 8. The predicted octanol–water partition coefficient (Wildman–Crippen LogP) is 21.1. The van der Waals surface area contributed by atoms with Gasteiger partial charge in [-0.05, 0) is 173 Å². The lowest BCUT2D eigenvalue weighted by atomic mass is 10.1. The van der Waals surface area contributed by atoms with Crippen LogP contribution < -0.4 is 0 Å². The van der Waals surface area contributed by atoms with Crippen LogP contribution in [0.1, 0.15) is 52.9 Å². The molecule has 8 aromatic carbocycles. The highest BCUT2D eigenvalue weighted by molar-refractivity contribution is 5.84. The maximum atomic E-state index is 4.38. The Labute approximate surface area is 523 Å². The van der Waals surface area contributed by atoms with Crippen molar-refractivity contribution >= 4 is 87.2 Å². The molecule has 89 heavy (non-hydrogen) atoms. The minimum atomic E-state index is 1.06. The fourth-order valence-electron chi connectivity index (χ4n) is 9.49. The Morgan fingerprint density at radius 3 is 1.28 bits per heavy atom.